The van der Waals surface area contributed by atoms with Crippen molar-refractivity contribution in [2.24, 2.45) is 5.92 Å². The summed E-state index contributed by atoms with van der Waals surface area (Å²) in [5, 5.41) is 3.27. The van der Waals surface area contributed by atoms with E-state index in [1.165, 1.54) is 0 Å². The highest BCUT2D eigenvalue weighted by molar-refractivity contribution is 5.95. The van der Waals surface area contributed by atoms with Gasteiger partial charge in [0.25, 0.3) is 0 Å². The predicted molar refractivity (Wildman–Crippen MR) is 92.8 cm³/mol. The summed E-state index contributed by atoms with van der Waals surface area (Å²) in [6.45, 7) is 3.38. The Morgan fingerprint density at radius 3 is 2.38 bits per heavy atom. The third-order valence-electron chi connectivity index (χ3n) is 3.51. The van der Waals surface area contributed by atoms with Gasteiger partial charge in [-0.3, -0.25) is 4.79 Å². The fraction of sp³-hybridized carbons (Fsp3) is 0.533. The highest BCUT2D eigenvalue weighted by Crippen LogP contribution is 2.19. The first-order valence-corrected chi connectivity index (χ1v) is 6.90. The fourth-order valence-corrected chi connectivity index (χ4v) is 2.36. The second-order valence-corrected chi connectivity index (χ2v) is 5.32. The van der Waals surface area contributed by atoms with Gasteiger partial charge < -0.3 is 15.1 Å². The van der Waals surface area contributed by atoms with Crippen molar-refractivity contribution in [2.75, 3.05) is 45.2 Å². The lowest BCUT2D eigenvalue weighted by atomic mass is 10.1. The number of carbonyl (C=O) groups excluding carboxylic acids is 1. The van der Waals surface area contributed by atoms with E-state index in [1.807, 2.05) is 49.3 Å². The van der Waals surface area contributed by atoms with Gasteiger partial charge >= 0.3 is 0 Å². The smallest absolute Gasteiger partial charge is 0.231 e. The molecule has 4 nitrogen and oxygen atoms in total. The Hall–Kier alpha value is -0.810. The number of rotatable bonds is 5. The van der Waals surface area contributed by atoms with Crippen LogP contribution in [0.2, 0.25) is 0 Å². The molecule has 0 radical (unpaired) electrons. The van der Waals surface area contributed by atoms with Gasteiger partial charge in [-0.05, 0) is 39.2 Å². The number of benzene rings is 1. The summed E-state index contributed by atoms with van der Waals surface area (Å²) in [6, 6.07) is 9.97. The standard InChI is InChI=1S/C15H23N3O.2ClH/c1-17(2)10-11-18(14-6-4-3-5-7-14)15(19)13-8-9-16-12-13;;/h3-7,13,16H,8-12H2,1-2H3;2*1H. The Kier molecular flexibility index (Phi) is 9.62. The number of carbonyl (C=O) groups is 1. The highest BCUT2D eigenvalue weighted by atomic mass is 35.5. The number of anilines is 1. The largest absolute Gasteiger partial charge is 0.316 e. The van der Waals surface area contributed by atoms with Crippen molar-refractivity contribution in [1.29, 1.82) is 0 Å². The maximum atomic E-state index is 12.6. The Labute approximate surface area is 139 Å². The number of para-hydroxylation sites is 1. The lowest BCUT2D eigenvalue weighted by Gasteiger charge is -2.27. The van der Waals surface area contributed by atoms with Gasteiger partial charge in [0.05, 0.1) is 5.92 Å². The molecular weight excluding hydrogens is 309 g/mol. The molecule has 1 aromatic carbocycles. The Morgan fingerprint density at radius 1 is 1.19 bits per heavy atom. The molecule has 1 heterocycles. The third kappa shape index (κ3) is 5.83. The van der Waals surface area contributed by atoms with E-state index >= 15 is 0 Å². The van der Waals surface area contributed by atoms with Gasteiger partial charge in [-0.25, -0.2) is 0 Å². The minimum atomic E-state index is 0. The Bertz CT molecular complexity index is 409. The summed E-state index contributed by atoms with van der Waals surface area (Å²) in [5.74, 6) is 0.375. The van der Waals surface area contributed by atoms with Crippen molar-refractivity contribution in [2.45, 2.75) is 6.42 Å². The lowest BCUT2D eigenvalue weighted by molar-refractivity contribution is -0.121. The molecule has 6 heteroatoms. The number of likely N-dealkylation sites (N-methyl/N-ethyl adjacent to an activating group) is 1. The first-order chi connectivity index (χ1) is 9.18. The van der Waals surface area contributed by atoms with Crippen LogP contribution in [0.5, 0.6) is 0 Å². The van der Waals surface area contributed by atoms with Gasteiger partial charge in [0.2, 0.25) is 5.91 Å². The van der Waals surface area contributed by atoms with Crippen LogP contribution in [0.25, 0.3) is 0 Å². The van der Waals surface area contributed by atoms with E-state index in [2.05, 4.69) is 10.2 Å². The first kappa shape index (κ1) is 20.2. The lowest BCUT2D eigenvalue weighted by Crippen LogP contribution is -2.41. The van der Waals surface area contributed by atoms with Crippen LogP contribution in [0.15, 0.2) is 30.3 Å². The molecule has 1 fully saturated rings. The molecule has 1 N–H and O–H groups in total. The van der Waals surface area contributed by atoms with E-state index < -0.39 is 0 Å². The summed E-state index contributed by atoms with van der Waals surface area (Å²) >= 11 is 0. The molecule has 21 heavy (non-hydrogen) atoms. The number of halogens is 2. The molecule has 1 aliphatic rings. The molecule has 0 aliphatic carbocycles. The minimum Gasteiger partial charge on any atom is -0.316 e. The third-order valence-corrected chi connectivity index (χ3v) is 3.51. The molecule has 0 saturated carbocycles. The van der Waals surface area contributed by atoms with Crippen LogP contribution in [0.1, 0.15) is 6.42 Å². The fourth-order valence-electron chi connectivity index (χ4n) is 2.36. The zero-order valence-corrected chi connectivity index (χ0v) is 14.3. The van der Waals surface area contributed by atoms with Crippen LogP contribution in [-0.2, 0) is 4.79 Å². The second kappa shape index (κ2) is 10.0. The van der Waals surface area contributed by atoms with E-state index in [1.54, 1.807) is 0 Å². The molecule has 120 valence electrons. The average molecular weight is 334 g/mol. The highest BCUT2D eigenvalue weighted by Gasteiger charge is 2.27. The molecule has 1 atom stereocenters. The molecule has 2 rings (SSSR count). The number of hydrogen-bond donors (Lipinski definition) is 1. The zero-order chi connectivity index (χ0) is 13.7. The molecule has 1 unspecified atom stereocenters. The summed E-state index contributed by atoms with van der Waals surface area (Å²) in [7, 11) is 4.07. The summed E-state index contributed by atoms with van der Waals surface area (Å²) in [4.78, 5) is 16.7. The van der Waals surface area contributed by atoms with Gasteiger partial charge in [0, 0.05) is 25.3 Å². The van der Waals surface area contributed by atoms with Crippen LogP contribution < -0.4 is 10.2 Å². The van der Waals surface area contributed by atoms with Crippen LogP contribution in [0, 0.1) is 5.92 Å². The van der Waals surface area contributed by atoms with E-state index in [4.69, 9.17) is 0 Å². The van der Waals surface area contributed by atoms with E-state index in [0.29, 0.717) is 0 Å². The number of hydrogen-bond acceptors (Lipinski definition) is 3. The maximum absolute atomic E-state index is 12.6. The summed E-state index contributed by atoms with van der Waals surface area (Å²) in [5.41, 5.74) is 1.00. The predicted octanol–water partition coefficient (Wildman–Crippen LogP) is 2.03. The number of nitrogens with zero attached hydrogens (tertiary/aromatic N) is 2. The SMILES string of the molecule is CN(C)CCN(C(=O)C1CCNC1)c1ccccc1.Cl.Cl. The second-order valence-electron chi connectivity index (χ2n) is 5.32. The van der Waals surface area contributed by atoms with Crippen LogP contribution >= 0.6 is 24.8 Å². The monoisotopic (exact) mass is 333 g/mol. The molecule has 1 saturated heterocycles. The first-order valence-electron chi connectivity index (χ1n) is 6.90. The van der Waals surface area contributed by atoms with Gasteiger partial charge in [-0.2, -0.15) is 0 Å². The quantitative estimate of drug-likeness (QED) is 0.895. The van der Waals surface area contributed by atoms with E-state index in [9.17, 15) is 4.79 Å². The van der Waals surface area contributed by atoms with Gasteiger partial charge in [-0.15, -0.1) is 24.8 Å². The maximum Gasteiger partial charge on any atom is 0.231 e. The Morgan fingerprint density at radius 2 is 1.86 bits per heavy atom. The van der Waals surface area contributed by atoms with Gasteiger partial charge in [0.15, 0.2) is 0 Å². The van der Waals surface area contributed by atoms with Crippen molar-refractivity contribution in [3.8, 4) is 0 Å². The molecule has 0 aromatic heterocycles. The number of amides is 1. The topological polar surface area (TPSA) is 35.6 Å². The van der Waals surface area contributed by atoms with Gasteiger partial charge in [-0.1, -0.05) is 18.2 Å². The summed E-state index contributed by atoms with van der Waals surface area (Å²) < 4.78 is 0. The van der Waals surface area contributed by atoms with E-state index in [-0.39, 0.29) is 36.6 Å². The van der Waals surface area contributed by atoms with E-state index in [0.717, 1.165) is 38.3 Å². The molecule has 0 bridgehead atoms. The minimum absolute atomic E-state index is 0. The van der Waals surface area contributed by atoms with Crippen molar-refractivity contribution in [1.82, 2.24) is 10.2 Å². The summed E-state index contributed by atoms with van der Waals surface area (Å²) in [6.07, 6.45) is 0.949. The normalized spacial score (nSPS) is 17.0. The molecule has 0 spiro atoms. The van der Waals surface area contributed by atoms with Crippen LogP contribution in [0.3, 0.4) is 0 Å². The van der Waals surface area contributed by atoms with Crippen molar-refractivity contribution < 1.29 is 4.79 Å². The van der Waals surface area contributed by atoms with Crippen molar-refractivity contribution in [3.05, 3.63) is 30.3 Å². The molecule has 1 aromatic rings. The zero-order valence-electron chi connectivity index (χ0n) is 12.6. The van der Waals surface area contributed by atoms with Crippen molar-refractivity contribution in [3.63, 3.8) is 0 Å². The Balaban J connectivity index is 0.00000200. The number of nitrogens with one attached hydrogen (secondary N) is 1. The molecule has 1 amide bonds. The van der Waals surface area contributed by atoms with Crippen LogP contribution in [0.4, 0.5) is 5.69 Å². The molecule has 1 aliphatic heterocycles. The van der Waals surface area contributed by atoms with Crippen molar-refractivity contribution >= 4 is 36.4 Å². The van der Waals surface area contributed by atoms with Gasteiger partial charge in [0.1, 0.15) is 0 Å². The van der Waals surface area contributed by atoms with Crippen LogP contribution in [-0.4, -0.2) is 51.1 Å². The average Bonchev–Trinajstić information content (AvgIpc) is 2.93. The molecular formula is C15H25Cl2N3O.